The van der Waals surface area contributed by atoms with Crippen LogP contribution in [0.15, 0.2) is 53.2 Å². The number of benzene rings is 2. The third-order valence-electron chi connectivity index (χ3n) is 5.23. The van der Waals surface area contributed by atoms with Gasteiger partial charge in [0.15, 0.2) is 6.61 Å². The van der Waals surface area contributed by atoms with Crippen molar-refractivity contribution in [1.82, 2.24) is 20.1 Å². The van der Waals surface area contributed by atoms with E-state index in [9.17, 15) is 4.79 Å². The highest BCUT2D eigenvalue weighted by Crippen LogP contribution is 2.30. The normalized spacial score (nSPS) is 14.7. The molecule has 3 aromatic rings. The SMILES string of the molecule is Cc1nonc1CN1CCN(C(=O)COc2ccc(-c3ccccc3)cc2Cl)CC1. The quantitative estimate of drug-likeness (QED) is 0.601. The zero-order chi connectivity index (χ0) is 20.9. The first-order chi connectivity index (χ1) is 14.6. The van der Waals surface area contributed by atoms with Gasteiger partial charge in [0.1, 0.15) is 17.1 Å². The first kappa shape index (κ1) is 20.4. The maximum atomic E-state index is 12.6. The average molecular weight is 427 g/mol. The van der Waals surface area contributed by atoms with Crippen LogP contribution >= 0.6 is 11.6 Å². The van der Waals surface area contributed by atoms with Crippen LogP contribution in [0, 0.1) is 6.92 Å². The number of hydrogen-bond acceptors (Lipinski definition) is 6. The second kappa shape index (κ2) is 9.28. The summed E-state index contributed by atoms with van der Waals surface area (Å²) < 4.78 is 10.4. The zero-order valence-corrected chi connectivity index (χ0v) is 17.5. The summed E-state index contributed by atoms with van der Waals surface area (Å²) in [5.41, 5.74) is 3.73. The van der Waals surface area contributed by atoms with Gasteiger partial charge in [-0.25, -0.2) is 4.63 Å². The Morgan fingerprint density at radius 3 is 2.50 bits per heavy atom. The van der Waals surface area contributed by atoms with Gasteiger partial charge in [-0.3, -0.25) is 9.69 Å². The van der Waals surface area contributed by atoms with Crippen molar-refractivity contribution in [2.75, 3.05) is 32.8 Å². The molecular formula is C22H23ClN4O3. The highest BCUT2D eigenvalue weighted by atomic mass is 35.5. The van der Waals surface area contributed by atoms with Crippen molar-refractivity contribution in [3.05, 3.63) is 64.9 Å². The van der Waals surface area contributed by atoms with Gasteiger partial charge in [0, 0.05) is 32.7 Å². The van der Waals surface area contributed by atoms with Gasteiger partial charge in [-0.2, -0.15) is 0 Å². The summed E-state index contributed by atoms with van der Waals surface area (Å²) in [4.78, 5) is 16.6. The minimum atomic E-state index is -0.0443. The van der Waals surface area contributed by atoms with Crippen molar-refractivity contribution in [2.24, 2.45) is 0 Å². The number of amides is 1. The molecule has 8 heteroatoms. The first-order valence-corrected chi connectivity index (χ1v) is 10.2. The molecule has 1 aromatic heterocycles. The van der Waals surface area contributed by atoms with Crippen LogP contribution in [0.25, 0.3) is 11.1 Å². The monoisotopic (exact) mass is 426 g/mol. The standard InChI is InChI=1S/C22H23ClN4O3/c1-16-20(25-30-24-16)14-26-9-11-27(12-10-26)22(28)15-29-21-8-7-18(13-19(21)23)17-5-3-2-4-6-17/h2-8,13H,9-12,14-15H2,1H3. The Labute approximate surface area is 180 Å². The number of aromatic nitrogens is 2. The van der Waals surface area contributed by atoms with Crippen molar-refractivity contribution >= 4 is 17.5 Å². The van der Waals surface area contributed by atoms with E-state index in [0.29, 0.717) is 30.4 Å². The number of halogens is 1. The second-order valence-corrected chi connectivity index (χ2v) is 7.66. The zero-order valence-electron chi connectivity index (χ0n) is 16.8. The van der Waals surface area contributed by atoms with E-state index in [1.807, 2.05) is 60.4 Å². The summed E-state index contributed by atoms with van der Waals surface area (Å²) in [6.45, 7) is 5.35. The molecule has 1 amide bonds. The van der Waals surface area contributed by atoms with E-state index in [2.05, 4.69) is 15.2 Å². The van der Waals surface area contributed by atoms with Crippen LogP contribution in [0.5, 0.6) is 5.75 Å². The van der Waals surface area contributed by atoms with E-state index < -0.39 is 0 Å². The predicted octanol–water partition coefficient (Wildman–Crippen LogP) is 3.42. The highest BCUT2D eigenvalue weighted by molar-refractivity contribution is 6.32. The van der Waals surface area contributed by atoms with Crippen molar-refractivity contribution in [3.8, 4) is 16.9 Å². The predicted molar refractivity (Wildman–Crippen MR) is 113 cm³/mol. The van der Waals surface area contributed by atoms with E-state index in [-0.39, 0.29) is 12.5 Å². The fourth-order valence-corrected chi connectivity index (χ4v) is 3.65. The summed E-state index contributed by atoms with van der Waals surface area (Å²) in [7, 11) is 0. The van der Waals surface area contributed by atoms with Gasteiger partial charge < -0.3 is 9.64 Å². The minimum Gasteiger partial charge on any atom is -0.482 e. The smallest absolute Gasteiger partial charge is 0.260 e. The summed E-state index contributed by atoms with van der Waals surface area (Å²) in [5, 5.41) is 8.21. The molecule has 0 radical (unpaired) electrons. The van der Waals surface area contributed by atoms with Gasteiger partial charge >= 0.3 is 0 Å². The Hall–Kier alpha value is -2.90. The summed E-state index contributed by atoms with van der Waals surface area (Å²) in [5.74, 6) is 0.467. The first-order valence-electron chi connectivity index (χ1n) is 9.86. The molecular weight excluding hydrogens is 404 g/mol. The molecule has 2 aromatic carbocycles. The van der Waals surface area contributed by atoms with Gasteiger partial charge in [0.05, 0.1) is 5.02 Å². The summed E-state index contributed by atoms with van der Waals surface area (Å²) >= 11 is 6.37. The fraction of sp³-hybridized carbons (Fsp3) is 0.318. The summed E-state index contributed by atoms with van der Waals surface area (Å²) in [6.07, 6.45) is 0. The lowest BCUT2D eigenvalue weighted by Crippen LogP contribution is -2.49. The van der Waals surface area contributed by atoms with E-state index >= 15 is 0 Å². The van der Waals surface area contributed by atoms with Crippen molar-refractivity contribution in [1.29, 1.82) is 0 Å². The van der Waals surface area contributed by atoms with E-state index in [1.165, 1.54) is 0 Å². The molecule has 0 spiro atoms. The fourth-order valence-electron chi connectivity index (χ4n) is 3.42. The molecule has 1 saturated heterocycles. The molecule has 0 unspecified atom stereocenters. The van der Waals surface area contributed by atoms with Crippen molar-refractivity contribution in [3.63, 3.8) is 0 Å². The lowest BCUT2D eigenvalue weighted by atomic mass is 10.1. The Balaban J connectivity index is 1.27. The molecule has 0 saturated carbocycles. The molecule has 156 valence electrons. The Morgan fingerprint density at radius 2 is 1.83 bits per heavy atom. The maximum Gasteiger partial charge on any atom is 0.260 e. The molecule has 0 atom stereocenters. The average Bonchev–Trinajstić information content (AvgIpc) is 3.18. The Bertz CT molecular complexity index is 1000. The van der Waals surface area contributed by atoms with Gasteiger partial charge in [-0.15, -0.1) is 0 Å². The van der Waals surface area contributed by atoms with E-state index in [4.69, 9.17) is 21.0 Å². The van der Waals surface area contributed by atoms with Crippen molar-refractivity contribution < 1.29 is 14.2 Å². The lowest BCUT2D eigenvalue weighted by Gasteiger charge is -2.34. The molecule has 0 aliphatic carbocycles. The second-order valence-electron chi connectivity index (χ2n) is 7.25. The topological polar surface area (TPSA) is 71.7 Å². The van der Waals surface area contributed by atoms with Crippen LogP contribution in [-0.2, 0) is 11.3 Å². The van der Waals surface area contributed by atoms with E-state index in [1.54, 1.807) is 0 Å². The molecule has 1 aliphatic rings. The number of carbonyl (C=O) groups excluding carboxylic acids is 1. The largest absolute Gasteiger partial charge is 0.482 e. The number of carbonyl (C=O) groups is 1. The van der Waals surface area contributed by atoms with Crippen LogP contribution in [-0.4, -0.2) is 58.8 Å². The van der Waals surface area contributed by atoms with Crippen LogP contribution in [0.1, 0.15) is 11.4 Å². The number of aryl methyl sites for hydroxylation is 1. The number of hydrogen-bond donors (Lipinski definition) is 0. The van der Waals surface area contributed by atoms with Crippen LogP contribution < -0.4 is 4.74 Å². The molecule has 1 aliphatic heterocycles. The number of rotatable bonds is 6. The third kappa shape index (κ3) is 4.80. The third-order valence-corrected chi connectivity index (χ3v) is 5.53. The molecule has 2 heterocycles. The van der Waals surface area contributed by atoms with Gasteiger partial charge in [0.2, 0.25) is 0 Å². The summed E-state index contributed by atoms with van der Waals surface area (Å²) in [6, 6.07) is 15.6. The lowest BCUT2D eigenvalue weighted by molar-refractivity contribution is -0.135. The van der Waals surface area contributed by atoms with E-state index in [0.717, 1.165) is 35.6 Å². The Kier molecular flexibility index (Phi) is 6.30. The van der Waals surface area contributed by atoms with Crippen LogP contribution in [0.4, 0.5) is 0 Å². The van der Waals surface area contributed by atoms with Crippen LogP contribution in [0.3, 0.4) is 0 Å². The number of piperazine rings is 1. The number of nitrogens with zero attached hydrogens (tertiary/aromatic N) is 4. The molecule has 7 nitrogen and oxygen atoms in total. The molecule has 30 heavy (non-hydrogen) atoms. The minimum absolute atomic E-state index is 0.0310. The van der Waals surface area contributed by atoms with Crippen molar-refractivity contribution in [2.45, 2.75) is 13.5 Å². The molecule has 0 N–H and O–H groups in total. The molecule has 4 rings (SSSR count). The molecule has 0 bridgehead atoms. The highest BCUT2D eigenvalue weighted by Gasteiger charge is 2.23. The number of ether oxygens (including phenoxy) is 1. The van der Waals surface area contributed by atoms with Gasteiger partial charge in [-0.05, 0) is 30.2 Å². The van der Waals surface area contributed by atoms with Gasteiger partial charge in [0.25, 0.3) is 5.91 Å². The maximum absolute atomic E-state index is 12.6. The molecule has 1 fully saturated rings. The van der Waals surface area contributed by atoms with Crippen LogP contribution in [0.2, 0.25) is 5.02 Å². The Morgan fingerprint density at radius 1 is 1.07 bits per heavy atom. The van der Waals surface area contributed by atoms with Gasteiger partial charge in [-0.1, -0.05) is 58.3 Å².